The lowest BCUT2D eigenvalue weighted by atomic mass is 9.93. The van der Waals surface area contributed by atoms with Gasteiger partial charge in [-0.3, -0.25) is 4.99 Å². The van der Waals surface area contributed by atoms with Crippen LogP contribution in [0.2, 0.25) is 0 Å². The van der Waals surface area contributed by atoms with E-state index in [1.54, 1.807) is 0 Å². The Morgan fingerprint density at radius 3 is 2.56 bits per heavy atom. The third-order valence-electron chi connectivity index (χ3n) is 3.23. The normalized spacial score (nSPS) is 24.8. The van der Waals surface area contributed by atoms with Crippen molar-refractivity contribution >= 4 is 5.96 Å². The van der Waals surface area contributed by atoms with Crippen LogP contribution in [0.3, 0.4) is 0 Å². The highest BCUT2D eigenvalue weighted by Gasteiger charge is 2.38. The zero-order valence-corrected chi connectivity index (χ0v) is 11.2. The molecule has 106 valence electrons. The molecule has 1 aliphatic heterocycles. The van der Waals surface area contributed by atoms with E-state index in [0.29, 0.717) is 24.8 Å². The van der Waals surface area contributed by atoms with Gasteiger partial charge >= 0.3 is 6.18 Å². The maximum absolute atomic E-state index is 12.2. The summed E-state index contributed by atoms with van der Waals surface area (Å²) in [6.45, 7) is 7.28. The van der Waals surface area contributed by atoms with Crippen molar-refractivity contribution in [2.24, 2.45) is 16.6 Å². The molecule has 0 bridgehead atoms. The fourth-order valence-electron chi connectivity index (χ4n) is 2.26. The summed E-state index contributed by atoms with van der Waals surface area (Å²) in [5, 5.41) is 0. The average molecular weight is 265 g/mol. The second-order valence-electron chi connectivity index (χ2n) is 5.64. The summed E-state index contributed by atoms with van der Waals surface area (Å²) >= 11 is 0. The van der Waals surface area contributed by atoms with Crippen LogP contribution in [0.1, 0.15) is 40.0 Å². The number of nitrogens with two attached hydrogens (primary N) is 1. The maximum atomic E-state index is 12.2. The Labute approximate surface area is 106 Å². The number of hydrogen-bond acceptors (Lipinski definition) is 3. The molecule has 0 spiro atoms. The van der Waals surface area contributed by atoms with E-state index in [2.05, 4.69) is 18.8 Å². The second kappa shape index (κ2) is 5.36. The number of aliphatic imine (C=N–C) groups is 1. The van der Waals surface area contributed by atoms with Crippen LogP contribution < -0.4 is 5.73 Å². The summed E-state index contributed by atoms with van der Waals surface area (Å²) in [4.78, 5) is 6.13. The smallest absolute Gasteiger partial charge is 0.370 e. The molecule has 0 amide bonds. The topological polar surface area (TPSA) is 41.6 Å². The number of halogens is 3. The molecule has 0 fully saturated rings. The van der Waals surface area contributed by atoms with E-state index in [1.807, 2.05) is 11.8 Å². The van der Waals surface area contributed by atoms with Crippen molar-refractivity contribution in [2.45, 2.75) is 51.7 Å². The van der Waals surface area contributed by atoms with Crippen molar-refractivity contribution in [3.05, 3.63) is 0 Å². The molecule has 0 radical (unpaired) electrons. The Kier molecular flexibility index (Phi) is 4.50. The van der Waals surface area contributed by atoms with Gasteiger partial charge in [-0.1, -0.05) is 13.8 Å². The number of hydrogen-bond donors (Lipinski definition) is 1. The van der Waals surface area contributed by atoms with Gasteiger partial charge < -0.3 is 10.6 Å². The molecule has 2 N–H and O–H groups in total. The van der Waals surface area contributed by atoms with E-state index in [0.717, 1.165) is 6.54 Å². The maximum Gasteiger partial charge on any atom is 0.389 e. The molecule has 0 aromatic heterocycles. The first-order valence-electron chi connectivity index (χ1n) is 6.28. The molecule has 0 aromatic rings. The number of rotatable bonds is 5. The molecular weight excluding hydrogens is 243 g/mol. The molecule has 0 saturated carbocycles. The monoisotopic (exact) mass is 265 g/mol. The quantitative estimate of drug-likeness (QED) is 0.830. The Hall–Kier alpha value is -0.940. The summed E-state index contributed by atoms with van der Waals surface area (Å²) in [5.41, 5.74) is 5.45. The minimum Gasteiger partial charge on any atom is -0.370 e. The fourth-order valence-corrected chi connectivity index (χ4v) is 2.26. The van der Waals surface area contributed by atoms with Crippen LogP contribution in [0.25, 0.3) is 0 Å². The molecule has 1 aliphatic rings. The van der Waals surface area contributed by atoms with Gasteiger partial charge in [0.2, 0.25) is 0 Å². The molecule has 6 heteroatoms. The first kappa shape index (κ1) is 15.1. The van der Waals surface area contributed by atoms with Crippen molar-refractivity contribution in [3.8, 4) is 0 Å². The summed E-state index contributed by atoms with van der Waals surface area (Å²) in [6, 6.07) is 0. The zero-order chi connectivity index (χ0) is 14.0. The summed E-state index contributed by atoms with van der Waals surface area (Å²) in [7, 11) is 0. The molecule has 1 rings (SSSR count). The van der Waals surface area contributed by atoms with Crippen molar-refractivity contribution in [1.29, 1.82) is 0 Å². The van der Waals surface area contributed by atoms with Crippen LogP contribution in [0, 0.1) is 5.92 Å². The highest BCUT2D eigenvalue weighted by atomic mass is 19.4. The molecule has 1 atom stereocenters. The van der Waals surface area contributed by atoms with Crippen molar-refractivity contribution in [3.63, 3.8) is 0 Å². The first-order valence-corrected chi connectivity index (χ1v) is 6.28. The van der Waals surface area contributed by atoms with Crippen molar-refractivity contribution in [1.82, 2.24) is 4.90 Å². The van der Waals surface area contributed by atoms with Gasteiger partial charge in [0.25, 0.3) is 0 Å². The fraction of sp³-hybridized carbons (Fsp3) is 0.917. The van der Waals surface area contributed by atoms with Crippen LogP contribution in [-0.4, -0.2) is 35.7 Å². The van der Waals surface area contributed by atoms with Gasteiger partial charge in [0, 0.05) is 13.0 Å². The van der Waals surface area contributed by atoms with Gasteiger partial charge in [-0.2, -0.15) is 13.2 Å². The van der Waals surface area contributed by atoms with Crippen LogP contribution >= 0.6 is 0 Å². The van der Waals surface area contributed by atoms with E-state index in [4.69, 9.17) is 5.73 Å². The third-order valence-corrected chi connectivity index (χ3v) is 3.23. The van der Waals surface area contributed by atoms with Gasteiger partial charge in [-0.25, -0.2) is 0 Å². The highest BCUT2D eigenvalue weighted by molar-refractivity contribution is 5.80. The Morgan fingerprint density at radius 2 is 2.06 bits per heavy atom. The summed E-state index contributed by atoms with van der Waals surface area (Å²) in [6.07, 6.45) is -4.23. The number of guanidine groups is 1. The van der Waals surface area contributed by atoms with E-state index < -0.39 is 12.6 Å². The van der Waals surface area contributed by atoms with Gasteiger partial charge in [0.1, 0.15) is 0 Å². The lowest BCUT2D eigenvalue weighted by Crippen LogP contribution is -2.51. The molecule has 0 aliphatic carbocycles. The standard InChI is InChI=1S/C12H22F3N3/c1-9(2)7-18-10(16)17-8-11(18,3)5-4-6-12(13,14)15/h9H,4-8H2,1-3H3,(H2,16,17). The van der Waals surface area contributed by atoms with Gasteiger partial charge in [0.05, 0.1) is 12.1 Å². The number of alkyl halides is 3. The predicted molar refractivity (Wildman–Crippen MR) is 66.3 cm³/mol. The van der Waals surface area contributed by atoms with Crippen molar-refractivity contribution in [2.75, 3.05) is 13.1 Å². The number of nitrogens with zero attached hydrogens (tertiary/aromatic N) is 2. The average Bonchev–Trinajstić information content (AvgIpc) is 2.44. The third kappa shape index (κ3) is 4.07. The summed E-state index contributed by atoms with van der Waals surface area (Å²) < 4.78 is 36.5. The van der Waals surface area contributed by atoms with Crippen LogP contribution in [0.4, 0.5) is 13.2 Å². The SMILES string of the molecule is CC(C)CN1C(N)=NCC1(C)CCCC(F)(F)F. The Morgan fingerprint density at radius 1 is 1.44 bits per heavy atom. The molecule has 1 heterocycles. The largest absolute Gasteiger partial charge is 0.389 e. The molecule has 0 saturated heterocycles. The van der Waals surface area contributed by atoms with Crippen LogP contribution in [0.5, 0.6) is 0 Å². The summed E-state index contributed by atoms with van der Waals surface area (Å²) in [5.74, 6) is 0.858. The zero-order valence-electron chi connectivity index (χ0n) is 11.2. The predicted octanol–water partition coefficient (Wildman–Crippen LogP) is 2.76. The van der Waals surface area contributed by atoms with Crippen LogP contribution in [0.15, 0.2) is 4.99 Å². The minimum absolute atomic E-state index is 0.122. The minimum atomic E-state index is -4.08. The van der Waals surface area contributed by atoms with Gasteiger partial charge in [-0.05, 0) is 25.7 Å². The van der Waals surface area contributed by atoms with Crippen LogP contribution in [-0.2, 0) is 0 Å². The molecule has 3 nitrogen and oxygen atoms in total. The first-order chi connectivity index (χ1) is 8.14. The lowest BCUT2D eigenvalue weighted by Gasteiger charge is -2.37. The van der Waals surface area contributed by atoms with Crippen molar-refractivity contribution < 1.29 is 13.2 Å². The highest BCUT2D eigenvalue weighted by Crippen LogP contribution is 2.31. The van der Waals surface area contributed by atoms with E-state index in [9.17, 15) is 13.2 Å². The molecular formula is C12H22F3N3. The molecule has 1 unspecified atom stereocenters. The second-order valence-corrected chi connectivity index (χ2v) is 5.64. The van der Waals surface area contributed by atoms with Gasteiger partial charge in [-0.15, -0.1) is 0 Å². The van der Waals surface area contributed by atoms with E-state index in [1.165, 1.54) is 0 Å². The van der Waals surface area contributed by atoms with E-state index >= 15 is 0 Å². The molecule has 18 heavy (non-hydrogen) atoms. The van der Waals surface area contributed by atoms with E-state index in [-0.39, 0.29) is 12.0 Å². The lowest BCUT2D eigenvalue weighted by molar-refractivity contribution is -0.136. The van der Waals surface area contributed by atoms with Gasteiger partial charge in [0.15, 0.2) is 5.96 Å². The Balaban J connectivity index is 2.56. The Bertz CT molecular complexity index is 312. The molecule has 0 aromatic carbocycles.